The summed E-state index contributed by atoms with van der Waals surface area (Å²) < 4.78 is 50.1. The molecule has 196 valence electrons. The number of alkyl halides is 3. The molecule has 2 heterocycles. The number of piperazine rings is 1. The van der Waals surface area contributed by atoms with E-state index in [0.717, 1.165) is 18.3 Å². The van der Waals surface area contributed by atoms with E-state index in [9.17, 15) is 22.8 Å². The van der Waals surface area contributed by atoms with E-state index in [2.05, 4.69) is 10.3 Å². The van der Waals surface area contributed by atoms with Gasteiger partial charge in [0.15, 0.2) is 0 Å². The average Bonchev–Trinajstić information content (AvgIpc) is 3.19. The predicted octanol–water partition coefficient (Wildman–Crippen LogP) is 3.85. The van der Waals surface area contributed by atoms with Gasteiger partial charge in [0.05, 0.1) is 11.0 Å². The van der Waals surface area contributed by atoms with E-state index in [1.54, 1.807) is 16.9 Å². The van der Waals surface area contributed by atoms with Crippen LogP contribution in [0.3, 0.4) is 0 Å². The molecule has 1 aromatic heterocycles. The highest BCUT2D eigenvalue weighted by molar-refractivity contribution is 5.83. The maximum atomic E-state index is 13.6. The second kappa shape index (κ2) is 10.6. The second-order valence-corrected chi connectivity index (χ2v) is 10.3. The van der Waals surface area contributed by atoms with Gasteiger partial charge in [0.1, 0.15) is 11.9 Å². The van der Waals surface area contributed by atoms with Crippen molar-refractivity contribution >= 4 is 17.8 Å². The molecule has 1 aliphatic carbocycles. The summed E-state index contributed by atoms with van der Waals surface area (Å²) in [4.78, 5) is 33.5. The minimum absolute atomic E-state index is 0.0199. The Morgan fingerprint density at radius 1 is 1.20 bits per heavy atom. The third kappa shape index (κ3) is 6.99. The Morgan fingerprint density at radius 3 is 2.49 bits per heavy atom. The molecule has 1 N–H and O–H groups in total. The number of carbonyl (C=O) groups is 2. The van der Waals surface area contributed by atoms with E-state index >= 15 is 0 Å². The first kappa shape index (κ1) is 27.0. The Labute approximate surface area is 204 Å². The van der Waals surface area contributed by atoms with Crippen LogP contribution in [0.5, 0.6) is 0 Å². The molecule has 1 aromatic rings. The van der Waals surface area contributed by atoms with Crippen molar-refractivity contribution in [1.82, 2.24) is 15.2 Å². The number of pyridine rings is 1. The van der Waals surface area contributed by atoms with Gasteiger partial charge in [-0.05, 0) is 58.6 Å². The highest BCUT2D eigenvalue weighted by atomic mass is 19.4. The van der Waals surface area contributed by atoms with Crippen molar-refractivity contribution in [3.63, 3.8) is 0 Å². The summed E-state index contributed by atoms with van der Waals surface area (Å²) >= 11 is 0. The lowest BCUT2D eigenvalue weighted by Gasteiger charge is -2.40. The average molecular weight is 501 g/mol. The van der Waals surface area contributed by atoms with Gasteiger partial charge in [0.2, 0.25) is 5.91 Å². The van der Waals surface area contributed by atoms with Crippen molar-refractivity contribution in [2.75, 3.05) is 44.8 Å². The number of anilines is 1. The highest BCUT2D eigenvalue weighted by Gasteiger charge is 2.48. The lowest BCUT2D eigenvalue weighted by atomic mass is 9.81. The zero-order valence-corrected chi connectivity index (χ0v) is 20.8. The van der Waals surface area contributed by atoms with Crippen molar-refractivity contribution in [2.45, 2.75) is 64.3 Å². The van der Waals surface area contributed by atoms with Gasteiger partial charge >= 0.3 is 12.3 Å². The topological polar surface area (TPSA) is 84.0 Å². The summed E-state index contributed by atoms with van der Waals surface area (Å²) in [5.74, 6) is 0.230. The van der Waals surface area contributed by atoms with Crippen LogP contribution in [0.2, 0.25) is 0 Å². The van der Waals surface area contributed by atoms with Crippen LogP contribution in [0.25, 0.3) is 0 Å². The standard InChI is InChI=1S/C24H35F3N4O4/c1-22(2,3)29-21(33)35-18-5-7-23(16-18,8-14-34-4)20(32)31-12-10-30(11-13-31)19-15-17(6-9-28-19)24(25,26)27/h6,9,15,18H,5,7-8,10-14,16H2,1-4H3,(H,29,33)/t18-,23+/m1/s1. The Bertz CT molecular complexity index is 897. The summed E-state index contributed by atoms with van der Waals surface area (Å²) in [5, 5.41) is 2.78. The number of carbonyl (C=O) groups excluding carboxylic acids is 2. The van der Waals surface area contributed by atoms with Gasteiger partial charge in [-0.1, -0.05) is 0 Å². The van der Waals surface area contributed by atoms with Gasteiger partial charge in [0, 0.05) is 51.6 Å². The van der Waals surface area contributed by atoms with Crippen molar-refractivity contribution in [2.24, 2.45) is 5.41 Å². The van der Waals surface area contributed by atoms with Gasteiger partial charge in [-0.3, -0.25) is 4.79 Å². The van der Waals surface area contributed by atoms with E-state index in [1.165, 1.54) is 0 Å². The first-order valence-corrected chi connectivity index (χ1v) is 11.9. The number of halogens is 3. The second-order valence-electron chi connectivity index (χ2n) is 10.3. The summed E-state index contributed by atoms with van der Waals surface area (Å²) in [5.41, 5.74) is -1.86. The molecule has 2 amide bonds. The summed E-state index contributed by atoms with van der Waals surface area (Å²) in [7, 11) is 1.58. The summed E-state index contributed by atoms with van der Waals surface area (Å²) in [6, 6.07) is 1.99. The van der Waals surface area contributed by atoms with Crippen LogP contribution >= 0.6 is 0 Å². The number of amides is 2. The molecule has 8 nitrogen and oxygen atoms in total. The van der Waals surface area contributed by atoms with Gasteiger partial charge in [-0.15, -0.1) is 0 Å². The SMILES string of the molecule is COCC[C@@]1(C(=O)N2CCN(c3cc(C(F)(F)F)ccn3)CC2)CC[C@@H](OC(=O)NC(C)(C)C)C1. The smallest absolute Gasteiger partial charge is 0.416 e. The number of rotatable bonds is 6. The molecule has 0 unspecified atom stereocenters. The Kier molecular flexibility index (Phi) is 8.18. The first-order valence-electron chi connectivity index (χ1n) is 11.9. The normalized spacial score (nSPS) is 23.3. The Morgan fingerprint density at radius 2 is 1.89 bits per heavy atom. The Hall–Kier alpha value is -2.56. The molecule has 2 atom stereocenters. The number of hydrogen-bond donors (Lipinski definition) is 1. The molecule has 35 heavy (non-hydrogen) atoms. The number of hydrogen-bond acceptors (Lipinski definition) is 6. The maximum Gasteiger partial charge on any atom is 0.416 e. The largest absolute Gasteiger partial charge is 0.446 e. The molecule has 2 aliphatic rings. The van der Waals surface area contributed by atoms with Crippen LogP contribution in [-0.2, 0) is 20.4 Å². The number of ether oxygens (including phenoxy) is 2. The number of aromatic nitrogens is 1. The molecule has 2 fully saturated rings. The van der Waals surface area contributed by atoms with Crippen molar-refractivity contribution in [3.8, 4) is 0 Å². The third-order valence-corrected chi connectivity index (χ3v) is 6.52. The third-order valence-electron chi connectivity index (χ3n) is 6.52. The van der Waals surface area contributed by atoms with Crippen LogP contribution in [0.1, 0.15) is 52.0 Å². The number of methoxy groups -OCH3 is 1. The molecule has 0 aromatic carbocycles. The highest BCUT2D eigenvalue weighted by Crippen LogP contribution is 2.44. The van der Waals surface area contributed by atoms with E-state index in [0.29, 0.717) is 58.5 Å². The number of alkyl carbamates (subject to hydrolysis) is 1. The lowest BCUT2D eigenvalue weighted by molar-refractivity contribution is -0.144. The van der Waals surface area contributed by atoms with Crippen LogP contribution in [-0.4, -0.2) is 73.4 Å². The molecule has 1 saturated heterocycles. The molecule has 1 aliphatic heterocycles. The number of nitrogens with one attached hydrogen (secondary N) is 1. The molecular weight excluding hydrogens is 465 g/mol. The summed E-state index contributed by atoms with van der Waals surface area (Å²) in [6.07, 6.45) is -2.05. The van der Waals surface area contributed by atoms with Crippen LogP contribution < -0.4 is 10.2 Å². The molecule has 0 radical (unpaired) electrons. The fourth-order valence-electron chi connectivity index (χ4n) is 4.73. The predicted molar refractivity (Wildman–Crippen MR) is 124 cm³/mol. The summed E-state index contributed by atoms with van der Waals surface area (Å²) in [6.45, 7) is 7.52. The van der Waals surface area contributed by atoms with Gasteiger partial charge < -0.3 is 24.6 Å². The minimum atomic E-state index is -4.44. The molecule has 11 heteroatoms. The number of nitrogens with zero attached hydrogens (tertiary/aromatic N) is 3. The maximum absolute atomic E-state index is 13.6. The van der Waals surface area contributed by atoms with Crippen molar-refractivity contribution in [3.05, 3.63) is 23.9 Å². The van der Waals surface area contributed by atoms with Crippen molar-refractivity contribution < 1.29 is 32.2 Å². The molecular formula is C24H35F3N4O4. The van der Waals surface area contributed by atoms with Crippen LogP contribution in [0.4, 0.5) is 23.8 Å². The molecule has 0 spiro atoms. The van der Waals surface area contributed by atoms with Crippen molar-refractivity contribution in [1.29, 1.82) is 0 Å². The fraction of sp³-hybridized carbons (Fsp3) is 0.708. The van der Waals surface area contributed by atoms with E-state index in [1.807, 2.05) is 20.8 Å². The minimum Gasteiger partial charge on any atom is -0.446 e. The van der Waals surface area contributed by atoms with E-state index in [4.69, 9.17) is 9.47 Å². The van der Waals surface area contributed by atoms with Gasteiger partial charge in [-0.25, -0.2) is 9.78 Å². The van der Waals surface area contributed by atoms with E-state index in [-0.39, 0.29) is 17.8 Å². The molecule has 1 saturated carbocycles. The Balaban J connectivity index is 1.64. The van der Waals surface area contributed by atoms with Crippen LogP contribution in [0.15, 0.2) is 18.3 Å². The van der Waals surface area contributed by atoms with Gasteiger partial charge in [0.25, 0.3) is 0 Å². The lowest BCUT2D eigenvalue weighted by Crippen LogP contribution is -2.53. The zero-order valence-electron chi connectivity index (χ0n) is 20.8. The van der Waals surface area contributed by atoms with Crippen LogP contribution in [0, 0.1) is 5.41 Å². The quantitative estimate of drug-likeness (QED) is 0.639. The first-order chi connectivity index (χ1) is 16.3. The fourth-order valence-corrected chi connectivity index (χ4v) is 4.73. The monoisotopic (exact) mass is 500 g/mol. The molecule has 0 bridgehead atoms. The molecule has 3 rings (SSSR count). The van der Waals surface area contributed by atoms with E-state index < -0.39 is 28.8 Å². The van der Waals surface area contributed by atoms with Gasteiger partial charge in [-0.2, -0.15) is 13.2 Å². The zero-order chi connectivity index (χ0) is 25.9.